The lowest BCUT2D eigenvalue weighted by Gasteiger charge is -2.30. The molecule has 3 heterocycles. The van der Waals surface area contributed by atoms with E-state index in [1.54, 1.807) is 11.3 Å². The highest BCUT2D eigenvalue weighted by molar-refractivity contribution is 9.10. The Morgan fingerprint density at radius 1 is 1.41 bits per heavy atom. The molecule has 1 fully saturated rings. The first-order valence-electron chi connectivity index (χ1n) is 9.12. The molecule has 0 aliphatic carbocycles. The number of ether oxygens (including phenoxy) is 1. The standard InChI is InChI=1S/C19H21BrN4O2S/c1-2-26-18(25)14-6-4-8-23(10-14)11-16-12-24-17(21-22-19(24)27-16)13-5-3-7-15(20)9-13/h3,5,7,9,12,14H,2,4,6,8,10-11H2,1H3/t14-/m1/s1. The van der Waals surface area contributed by atoms with Gasteiger partial charge in [0, 0.05) is 34.2 Å². The maximum Gasteiger partial charge on any atom is 0.310 e. The van der Waals surface area contributed by atoms with Crippen molar-refractivity contribution in [2.24, 2.45) is 5.92 Å². The number of rotatable bonds is 5. The molecule has 0 N–H and O–H groups in total. The third kappa shape index (κ3) is 4.07. The smallest absolute Gasteiger partial charge is 0.310 e. The van der Waals surface area contributed by atoms with Gasteiger partial charge in [0.2, 0.25) is 4.96 Å². The van der Waals surface area contributed by atoms with Gasteiger partial charge >= 0.3 is 5.97 Å². The van der Waals surface area contributed by atoms with Crippen LogP contribution in [0.4, 0.5) is 0 Å². The molecule has 0 radical (unpaired) electrons. The van der Waals surface area contributed by atoms with Crippen molar-refractivity contribution >= 4 is 38.2 Å². The van der Waals surface area contributed by atoms with Crippen molar-refractivity contribution in [2.45, 2.75) is 26.3 Å². The van der Waals surface area contributed by atoms with Gasteiger partial charge in [0.05, 0.1) is 12.5 Å². The van der Waals surface area contributed by atoms with Gasteiger partial charge in [-0.05, 0) is 38.4 Å². The summed E-state index contributed by atoms with van der Waals surface area (Å²) in [6, 6.07) is 8.07. The van der Waals surface area contributed by atoms with Crippen LogP contribution in [0.25, 0.3) is 16.3 Å². The van der Waals surface area contributed by atoms with Gasteiger partial charge in [0.25, 0.3) is 0 Å². The van der Waals surface area contributed by atoms with Gasteiger partial charge in [0.15, 0.2) is 5.82 Å². The fourth-order valence-corrected chi connectivity index (χ4v) is 4.88. The van der Waals surface area contributed by atoms with Crippen LogP contribution in [-0.2, 0) is 16.1 Å². The Labute approximate surface area is 170 Å². The fourth-order valence-electron chi connectivity index (χ4n) is 3.52. The Bertz CT molecular complexity index is 954. The van der Waals surface area contributed by atoms with E-state index in [4.69, 9.17) is 4.74 Å². The van der Waals surface area contributed by atoms with Gasteiger partial charge in [-0.15, -0.1) is 10.2 Å². The molecule has 1 aromatic carbocycles. The Morgan fingerprint density at radius 3 is 3.11 bits per heavy atom. The largest absolute Gasteiger partial charge is 0.466 e. The number of halogens is 1. The maximum atomic E-state index is 12.1. The van der Waals surface area contributed by atoms with E-state index in [1.807, 2.05) is 31.2 Å². The van der Waals surface area contributed by atoms with Gasteiger partial charge in [-0.2, -0.15) is 0 Å². The van der Waals surface area contributed by atoms with Gasteiger partial charge in [-0.1, -0.05) is 39.4 Å². The lowest BCUT2D eigenvalue weighted by molar-refractivity contribution is -0.150. The number of carbonyl (C=O) groups excluding carboxylic acids is 1. The Kier molecular flexibility index (Phi) is 5.56. The zero-order valence-electron chi connectivity index (χ0n) is 15.1. The number of likely N-dealkylation sites (tertiary alicyclic amines) is 1. The first-order chi connectivity index (χ1) is 13.1. The van der Waals surface area contributed by atoms with Crippen LogP contribution < -0.4 is 0 Å². The first kappa shape index (κ1) is 18.6. The van der Waals surface area contributed by atoms with Gasteiger partial charge in [-0.3, -0.25) is 14.1 Å². The second-order valence-corrected chi connectivity index (χ2v) is 8.72. The van der Waals surface area contributed by atoms with E-state index in [2.05, 4.69) is 41.6 Å². The molecule has 2 aromatic heterocycles. The third-order valence-corrected chi connectivity index (χ3v) is 6.20. The van der Waals surface area contributed by atoms with E-state index in [1.165, 1.54) is 4.88 Å². The summed E-state index contributed by atoms with van der Waals surface area (Å²) in [6.07, 6.45) is 4.06. The molecule has 8 heteroatoms. The summed E-state index contributed by atoms with van der Waals surface area (Å²) in [7, 11) is 0. The van der Waals surface area contributed by atoms with Crippen LogP contribution in [-0.4, -0.2) is 45.2 Å². The van der Waals surface area contributed by atoms with Crippen LogP contribution in [0.15, 0.2) is 34.9 Å². The lowest BCUT2D eigenvalue weighted by atomic mass is 9.98. The number of carbonyl (C=O) groups is 1. The summed E-state index contributed by atoms with van der Waals surface area (Å²) in [5.41, 5.74) is 1.03. The quantitative estimate of drug-likeness (QED) is 0.552. The number of thiazole rings is 1. The molecule has 6 nitrogen and oxygen atoms in total. The van der Waals surface area contributed by atoms with E-state index in [0.29, 0.717) is 6.61 Å². The molecule has 27 heavy (non-hydrogen) atoms. The summed E-state index contributed by atoms with van der Waals surface area (Å²) in [4.78, 5) is 16.5. The highest BCUT2D eigenvalue weighted by Crippen LogP contribution is 2.27. The number of hydrogen-bond donors (Lipinski definition) is 0. The molecular formula is C19H21BrN4O2S. The molecule has 3 aromatic rings. The van der Waals surface area contributed by atoms with Crippen LogP contribution in [0.3, 0.4) is 0 Å². The predicted molar refractivity (Wildman–Crippen MR) is 109 cm³/mol. The Morgan fingerprint density at radius 2 is 2.30 bits per heavy atom. The summed E-state index contributed by atoms with van der Waals surface area (Å²) in [5, 5.41) is 8.67. The average Bonchev–Trinajstić information content (AvgIpc) is 3.22. The Balaban J connectivity index is 1.51. The molecule has 0 saturated carbocycles. The molecule has 0 spiro atoms. The molecule has 0 unspecified atom stereocenters. The molecule has 0 bridgehead atoms. The molecule has 0 amide bonds. The second kappa shape index (κ2) is 8.08. The number of esters is 1. The highest BCUT2D eigenvalue weighted by Gasteiger charge is 2.27. The van der Waals surface area contributed by atoms with E-state index in [0.717, 1.165) is 53.3 Å². The minimum atomic E-state index is -0.0654. The SMILES string of the molecule is CCOC(=O)[C@@H]1CCCN(Cc2cn3c(-c4cccc(Br)c4)nnc3s2)C1. The van der Waals surface area contributed by atoms with Crippen molar-refractivity contribution in [3.05, 3.63) is 39.8 Å². The van der Waals surface area contributed by atoms with Crippen LogP contribution in [0.1, 0.15) is 24.6 Å². The van der Waals surface area contributed by atoms with Crippen molar-refractivity contribution in [3.8, 4) is 11.4 Å². The van der Waals surface area contributed by atoms with E-state index >= 15 is 0 Å². The van der Waals surface area contributed by atoms with Crippen molar-refractivity contribution in [2.75, 3.05) is 19.7 Å². The first-order valence-corrected chi connectivity index (χ1v) is 10.7. The van der Waals surface area contributed by atoms with Gasteiger partial charge in [0.1, 0.15) is 0 Å². The van der Waals surface area contributed by atoms with Gasteiger partial charge in [-0.25, -0.2) is 0 Å². The van der Waals surface area contributed by atoms with Crippen LogP contribution in [0.2, 0.25) is 0 Å². The van der Waals surface area contributed by atoms with E-state index in [9.17, 15) is 4.79 Å². The average molecular weight is 449 g/mol. The number of piperidine rings is 1. The molecule has 1 saturated heterocycles. The summed E-state index contributed by atoms with van der Waals surface area (Å²) >= 11 is 5.16. The predicted octanol–water partition coefficient (Wildman–Crippen LogP) is 4.00. The van der Waals surface area contributed by atoms with Crippen molar-refractivity contribution in [3.63, 3.8) is 0 Å². The second-order valence-electron chi connectivity index (χ2n) is 6.71. The minimum Gasteiger partial charge on any atom is -0.466 e. The van der Waals surface area contributed by atoms with E-state index in [-0.39, 0.29) is 11.9 Å². The molecule has 4 rings (SSSR count). The van der Waals surface area contributed by atoms with Crippen molar-refractivity contribution in [1.29, 1.82) is 0 Å². The zero-order chi connectivity index (χ0) is 18.8. The topological polar surface area (TPSA) is 59.7 Å². The number of aromatic nitrogens is 3. The summed E-state index contributed by atoms with van der Waals surface area (Å²) < 4.78 is 8.27. The molecular weight excluding hydrogens is 428 g/mol. The maximum absolute atomic E-state index is 12.1. The lowest BCUT2D eigenvalue weighted by Crippen LogP contribution is -2.38. The number of hydrogen-bond acceptors (Lipinski definition) is 6. The fraction of sp³-hybridized carbons (Fsp3) is 0.421. The summed E-state index contributed by atoms with van der Waals surface area (Å²) in [6.45, 7) is 4.89. The molecule has 142 valence electrons. The Hall–Kier alpha value is -1.77. The minimum absolute atomic E-state index is 0.0124. The number of fused-ring (bicyclic) bond motifs is 1. The monoisotopic (exact) mass is 448 g/mol. The highest BCUT2D eigenvalue weighted by atomic mass is 79.9. The molecule has 1 aliphatic rings. The number of benzene rings is 1. The third-order valence-electron chi connectivity index (χ3n) is 4.75. The van der Waals surface area contributed by atoms with Crippen LogP contribution >= 0.6 is 27.3 Å². The van der Waals surface area contributed by atoms with Crippen LogP contribution in [0, 0.1) is 5.92 Å². The van der Waals surface area contributed by atoms with Crippen LogP contribution in [0.5, 0.6) is 0 Å². The summed E-state index contributed by atoms with van der Waals surface area (Å²) in [5.74, 6) is 0.766. The normalized spacial score (nSPS) is 18.1. The van der Waals surface area contributed by atoms with Crippen molar-refractivity contribution in [1.82, 2.24) is 19.5 Å². The zero-order valence-corrected chi connectivity index (χ0v) is 17.5. The van der Waals surface area contributed by atoms with Crippen molar-refractivity contribution < 1.29 is 9.53 Å². The molecule has 1 aliphatic heterocycles. The number of nitrogens with zero attached hydrogens (tertiary/aromatic N) is 4. The van der Waals surface area contributed by atoms with E-state index < -0.39 is 0 Å². The molecule has 1 atom stereocenters. The van der Waals surface area contributed by atoms with Gasteiger partial charge < -0.3 is 4.74 Å².